The van der Waals surface area contributed by atoms with Gasteiger partial charge in [0, 0.05) is 28.9 Å². The van der Waals surface area contributed by atoms with Crippen LogP contribution in [0.1, 0.15) is 19.2 Å². The topological polar surface area (TPSA) is 80.0 Å². The Balaban J connectivity index is 2.37. The summed E-state index contributed by atoms with van der Waals surface area (Å²) in [5, 5.41) is 13.7. The molecular weight excluding hydrogens is 228 g/mol. The molecule has 1 aromatic heterocycles. The number of aromatic nitrogens is 2. The van der Waals surface area contributed by atoms with Crippen molar-refractivity contribution < 1.29 is 8.63 Å². The highest BCUT2D eigenvalue weighted by atomic mass is 32.2. The first-order chi connectivity index (χ1) is 7.61. The summed E-state index contributed by atoms with van der Waals surface area (Å²) in [4.78, 5) is 0. The van der Waals surface area contributed by atoms with Crippen LogP contribution in [-0.2, 0) is 17.3 Å². The van der Waals surface area contributed by atoms with Gasteiger partial charge in [0.15, 0.2) is 0 Å². The highest BCUT2D eigenvalue weighted by Crippen LogP contribution is 2.08. The van der Waals surface area contributed by atoms with Crippen LogP contribution < -0.4 is 10.6 Å². The molecule has 0 saturated heterocycles. The van der Waals surface area contributed by atoms with Gasteiger partial charge in [0.05, 0.1) is 6.54 Å². The van der Waals surface area contributed by atoms with E-state index in [0.29, 0.717) is 24.2 Å². The number of hydrogen-bond acceptors (Lipinski definition) is 6. The number of rotatable bonds is 7. The van der Waals surface area contributed by atoms with Gasteiger partial charge in [0.1, 0.15) is 0 Å². The zero-order valence-corrected chi connectivity index (χ0v) is 10.6. The van der Waals surface area contributed by atoms with E-state index in [9.17, 15) is 4.21 Å². The lowest BCUT2D eigenvalue weighted by atomic mass is 10.3. The zero-order valence-electron chi connectivity index (χ0n) is 9.82. The van der Waals surface area contributed by atoms with Crippen LogP contribution in [0, 0.1) is 0 Å². The smallest absolute Gasteiger partial charge is 0.315 e. The van der Waals surface area contributed by atoms with Crippen molar-refractivity contribution in [2.75, 3.05) is 24.4 Å². The highest BCUT2D eigenvalue weighted by molar-refractivity contribution is 7.84. The third-order valence-electron chi connectivity index (χ3n) is 2.00. The first-order valence-electron chi connectivity index (χ1n) is 5.15. The summed E-state index contributed by atoms with van der Waals surface area (Å²) in [6.07, 6.45) is 2.51. The van der Waals surface area contributed by atoms with E-state index in [0.717, 1.165) is 6.42 Å². The van der Waals surface area contributed by atoms with Gasteiger partial charge in [-0.15, -0.1) is 5.10 Å². The molecule has 0 aliphatic rings. The first-order valence-corrected chi connectivity index (χ1v) is 6.88. The third-order valence-corrected chi connectivity index (χ3v) is 2.81. The SMILES string of the molecule is CNCc1nnc(NC(C)CCS(C)=O)o1. The quantitative estimate of drug-likeness (QED) is 0.723. The van der Waals surface area contributed by atoms with Crippen molar-refractivity contribution in [3.05, 3.63) is 5.89 Å². The predicted octanol–water partition coefficient (Wildman–Crippen LogP) is 0.358. The van der Waals surface area contributed by atoms with Gasteiger partial charge >= 0.3 is 6.01 Å². The average Bonchev–Trinajstić information content (AvgIpc) is 2.63. The number of anilines is 1. The molecule has 1 rings (SSSR count). The van der Waals surface area contributed by atoms with Gasteiger partial charge in [0.2, 0.25) is 5.89 Å². The minimum Gasteiger partial charge on any atom is -0.407 e. The van der Waals surface area contributed by atoms with Crippen LogP contribution in [0.5, 0.6) is 0 Å². The Bertz CT molecular complexity index is 342. The minimum absolute atomic E-state index is 0.173. The van der Waals surface area contributed by atoms with Crippen LogP contribution in [0.25, 0.3) is 0 Å². The number of nitrogens with one attached hydrogen (secondary N) is 2. The zero-order chi connectivity index (χ0) is 12.0. The molecule has 0 saturated carbocycles. The first kappa shape index (κ1) is 13.1. The van der Waals surface area contributed by atoms with Gasteiger partial charge in [-0.2, -0.15) is 0 Å². The summed E-state index contributed by atoms with van der Waals surface area (Å²) < 4.78 is 16.2. The van der Waals surface area contributed by atoms with Crippen molar-refractivity contribution in [2.45, 2.75) is 25.9 Å². The van der Waals surface area contributed by atoms with E-state index in [2.05, 4.69) is 20.8 Å². The Morgan fingerprint density at radius 1 is 1.50 bits per heavy atom. The second kappa shape index (κ2) is 6.59. The van der Waals surface area contributed by atoms with Crippen LogP contribution >= 0.6 is 0 Å². The van der Waals surface area contributed by atoms with Gasteiger partial charge in [-0.3, -0.25) is 4.21 Å². The largest absolute Gasteiger partial charge is 0.407 e. The molecule has 0 spiro atoms. The molecule has 0 amide bonds. The fourth-order valence-corrected chi connectivity index (χ4v) is 1.85. The van der Waals surface area contributed by atoms with Crippen LogP contribution in [-0.4, -0.2) is 39.5 Å². The van der Waals surface area contributed by atoms with Crippen molar-refractivity contribution >= 4 is 16.8 Å². The number of nitrogens with zero attached hydrogens (tertiary/aromatic N) is 2. The molecule has 0 fully saturated rings. The molecular formula is C9H18N4O2S. The summed E-state index contributed by atoms with van der Waals surface area (Å²) >= 11 is 0. The average molecular weight is 246 g/mol. The third kappa shape index (κ3) is 4.71. The molecule has 2 N–H and O–H groups in total. The Morgan fingerprint density at radius 2 is 2.25 bits per heavy atom. The molecule has 2 unspecified atom stereocenters. The molecule has 0 aromatic carbocycles. The monoisotopic (exact) mass is 246 g/mol. The summed E-state index contributed by atoms with van der Waals surface area (Å²) in [7, 11) is 1.06. The summed E-state index contributed by atoms with van der Waals surface area (Å²) in [5.41, 5.74) is 0. The standard InChI is InChI=1S/C9H18N4O2S/c1-7(4-5-16(3)14)11-9-13-12-8(15-9)6-10-2/h7,10H,4-6H2,1-3H3,(H,11,13). The Morgan fingerprint density at radius 3 is 2.88 bits per heavy atom. The maximum atomic E-state index is 10.9. The minimum atomic E-state index is -0.759. The molecule has 7 heteroatoms. The van der Waals surface area contributed by atoms with E-state index in [1.165, 1.54) is 0 Å². The van der Waals surface area contributed by atoms with E-state index in [4.69, 9.17) is 4.42 Å². The van der Waals surface area contributed by atoms with E-state index < -0.39 is 10.8 Å². The lowest BCUT2D eigenvalue weighted by Crippen LogP contribution is -2.18. The fraction of sp³-hybridized carbons (Fsp3) is 0.778. The van der Waals surface area contributed by atoms with Gasteiger partial charge in [-0.1, -0.05) is 5.10 Å². The molecule has 1 aromatic rings. The van der Waals surface area contributed by atoms with Crippen LogP contribution in [0.2, 0.25) is 0 Å². The maximum Gasteiger partial charge on any atom is 0.315 e. The normalized spacial score (nSPS) is 14.7. The lowest BCUT2D eigenvalue weighted by Gasteiger charge is -2.09. The van der Waals surface area contributed by atoms with Crippen molar-refractivity contribution in [1.29, 1.82) is 0 Å². The lowest BCUT2D eigenvalue weighted by molar-refractivity contribution is 0.484. The van der Waals surface area contributed by atoms with Crippen molar-refractivity contribution in [3.8, 4) is 0 Å². The molecule has 6 nitrogen and oxygen atoms in total. The molecule has 0 aliphatic heterocycles. The molecule has 1 heterocycles. The molecule has 0 bridgehead atoms. The number of hydrogen-bond donors (Lipinski definition) is 2. The molecule has 2 atom stereocenters. The van der Waals surface area contributed by atoms with Gasteiger partial charge < -0.3 is 15.1 Å². The summed E-state index contributed by atoms with van der Waals surface area (Å²) in [6.45, 7) is 2.55. The van der Waals surface area contributed by atoms with Gasteiger partial charge in [-0.25, -0.2) is 0 Å². The highest BCUT2D eigenvalue weighted by Gasteiger charge is 2.08. The van der Waals surface area contributed by atoms with Gasteiger partial charge in [-0.05, 0) is 20.4 Å². The maximum absolute atomic E-state index is 10.9. The molecule has 16 heavy (non-hydrogen) atoms. The van der Waals surface area contributed by atoms with Crippen LogP contribution in [0.15, 0.2) is 4.42 Å². The van der Waals surface area contributed by atoms with Gasteiger partial charge in [0.25, 0.3) is 0 Å². The molecule has 0 radical (unpaired) electrons. The van der Waals surface area contributed by atoms with E-state index in [1.54, 1.807) is 6.26 Å². The predicted molar refractivity (Wildman–Crippen MR) is 63.7 cm³/mol. The summed E-state index contributed by atoms with van der Waals surface area (Å²) in [5.74, 6) is 1.22. The van der Waals surface area contributed by atoms with E-state index in [-0.39, 0.29) is 6.04 Å². The molecule has 0 aliphatic carbocycles. The second-order valence-electron chi connectivity index (χ2n) is 3.64. The van der Waals surface area contributed by atoms with Crippen LogP contribution in [0.3, 0.4) is 0 Å². The van der Waals surface area contributed by atoms with E-state index >= 15 is 0 Å². The van der Waals surface area contributed by atoms with Crippen molar-refractivity contribution in [1.82, 2.24) is 15.5 Å². The summed E-state index contributed by atoms with van der Waals surface area (Å²) in [6, 6.07) is 0.589. The Labute approximate surface area is 97.7 Å². The fourth-order valence-electron chi connectivity index (χ4n) is 1.16. The second-order valence-corrected chi connectivity index (χ2v) is 5.20. The van der Waals surface area contributed by atoms with Crippen molar-refractivity contribution in [3.63, 3.8) is 0 Å². The van der Waals surface area contributed by atoms with Crippen LogP contribution in [0.4, 0.5) is 6.01 Å². The Hall–Kier alpha value is -0.950. The Kier molecular flexibility index (Phi) is 5.41. The molecule has 92 valence electrons. The van der Waals surface area contributed by atoms with E-state index in [1.807, 2.05) is 14.0 Å². The van der Waals surface area contributed by atoms with Crippen molar-refractivity contribution in [2.24, 2.45) is 0 Å².